The zero-order chi connectivity index (χ0) is 19.2. The molecule has 0 saturated carbocycles. The highest BCUT2D eigenvalue weighted by molar-refractivity contribution is 7.89. The Morgan fingerprint density at radius 3 is 2.52 bits per heavy atom. The monoisotopic (exact) mass is 394 g/mol. The predicted molar refractivity (Wildman–Crippen MR) is 100 cm³/mol. The second-order valence-corrected chi connectivity index (χ2v) is 9.41. The van der Waals surface area contributed by atoms with Gasteiger partial charge in [-0.2, -0.15) is 4.31 Å². The standard InChI is InChI=1S/C19H26N2O5S/c1-3-18(22)21-14(2)12-15-13-16(4-5-17(15)21)27(23,24)20-8-6-19(7-9-20)25-10-11-26-19/h4-5,13-14H,3,6-12H2,1-2H3/t14-/m1/s1. The van der Waals surface area contributed by atoms with Crippen molar-refractivity contribution in [2.24, 2.45) is 0 Å². The fourth-order valence-corrected chi connectivity index (χ4v) is 5.81. The van der Waals surface area contributed by atoms with Gasteiger partial charge in [-0.15, -0.1) is 0 Å². The predicted octanol–water partition coefficient (Wildman–Crippen LogP) is 1.90. The van der Waals surface area contributed by atoms with E-state index >= 15 is 0 Å². The number of benzene rings is 1. The van der Waals surface area contributed by atoms with Gasteiger partial charge in [0.15, 0.2) is 5.79 Å². The summed E-state index contributed by atoms with van der Waals surface area (Å²) in [5, 5.41) is 0. The molecule has 1 spiro atoms. The molecule has 0 radical (unpaired) electrons. The van der Waals surface area contributed by atoms with Gasteiger partial charge in [-0.1, -0.05) is 6.92 Å². The molecule has 1 atom stereocenters. The zero-order valence-corrected chi connectivity index (χ0v) is 16.6. The normalized spacial score (nSPS) is 25.1. The molecule has 27 heavy (non-hydrogen) atoms. The first kappa shape index (κ1) is 18.9. The molecule has 0 aliphatic carbocycles. The van der Waals surface area contributed by atoms with E-state index in [2.05, 4.69) is 0 Å². The Balaban J connectivity index is 1.55. The number of nitrogens with zero attached hydrogens (tertiary/aromatic N) is 2. The largest absolute Gasteiger partial charge is 0.347 e. The molecule has 1 aromatic carbocycles. The summed E-state index contributed by atoms with van der Waals surface area (Å²) in [5.74, 6) is -0.532. The maximum atomic E-state index is 13.1. The molecule has 0 bridgehead atoms. The molecule has 0 aromatic heterocycles. The third-order valence-corrected chi connectivity index (χ3v) is 7.67. The average Bonchev–Trinajstić information content (AvgIpc) is 3.24. The molecule has 0 N–H and O–H groups in total. The first-order valence-electron chi connectivity index (χ1n) is 9.59. The molecule has 3 heterocycles. The van der Waals surface area contributed by atoms with Gasteiger partial charge in [0.05, 0.1) is 18.1 Å². The minimum atomic E-state index is -3.57. The number of hydrogen-bond donors (Lipinski definition) is 0. The Morgan fingerprint density at radius 2 is 1.89 bits per heavy atom. The maximum absolute atomic E-state index is 13.1. The van der Waals surface area contributed by atoms with Gasteiger partial charge in [-0.3, -0.25) is 4.79 Å². The summed E-state index contributed by atoms with van der Waals surface area (Å²) in [6, 6.07) is 5.18. The van der Waals surface area contributed by atoms with Crippen molar-refractivity contribution in [1.82, 2.24) is 4.31 Å². The van der Waals surface area contributed by atoms with E-state index < -0.39 is 15.8 Å². The second kappa shape index (κ2) is 6.84. The lowest BCUT2D eigenvalue weighted by molar-refractivity contribution is -0.179. The minimum absolute atomic E-state index is 0.0527. The van der Waals surface area contributed by atoms with E-state index in [1.807, 2.05) is 13.8 Å². The number of amides is 1. The smallest absolute Gasteiger partial charge is 0.243 e. The van der Waals surface area contributed by atoms with Crippen molar-refractivity contribution < 1.29 is 22.7 Å². The fraction of sp³-hybridized carbons (Fsp3) is 0.632. The van der Waals surface area contributed by atoms with Gasteiger partial charge in [-0.05, 0) is 37.1 Å². The summed E-state index contributed by atoms with van der Waals surface area (Å²) in [4.78, 5) is 14.3. The van der Waals surface area contributed by atoms with Crippen LogP contribution >= 0.6 is 0 Å². The molecule has 2 saturated heterocycles. The Kier molecular flexibility index (Phi) is 4.78. The van der Waals surface area contributed by atoms with E-state index in [-0.39, 0.29) is 11.9 Å². The number of anilines is 1. The number of fused-ring (bicyclic) bond motifs is 1. The number of ether oxygens (including phenoxy) is 2. The number of rotatable bonds is 3. The van der Waals surface area contributed by atoms with Gasteiger partial charge < -0.3 is 14.4 Å². The van der Waals surface area contributed by atoms with Crippen LogP contribution in [-0.4, -0.2) is 56.8 Å². The fourth-order valence-electron chi connectivity index (χ4n) is 4.32. The van der Waals surface area contributed by atoms with Crippen LogP contribution in [0.1, 0.15) is 38.7 Å². The van der Waals surface area contributed by atoms with Gasteiger partial charge in [0.1, 0.15) is 0 Å². The van der Waals surface area contributed by atoms with Gasteiger partial charge in [0, 0.05) is 44.1 Å². The maximum Gasteiger partial charge on any atom is 0.243 e. The molecule has 1 aromatic rings. The summed E-state index contributed by atoms with van der Waals surface area (Å²) >= 11 is 0. The van der Waals surface area contributed by atoms with Crippen LogP contribution < -0.4 is 4.90 Å². The topological polar surface area (TPSA) is 76.2 Å². The van der Waals surface area contributed by atoms with E-state index in [1.54, 1.807) is 23.1 Å². The molecule has 3 aliphatic heterocycles. The van der Waals surface area contributed by atoms with E-state index in [4.69, 9.17) is 9.47 Å². The third kappa shape index (κ3) is 3.18. The summed E-state index contributed by atoms with van der Waals surface area (Å²) < 4.78 is 39.1. The van der Waals surface area contributed by atoms with Crippen LogP contribution in [0.2, 0.25) is 0 Å². The number of sulfonamides is 1. The number of carbonyl (C=O) groups is 1. The van der Waals surface area contributed by atoms with Crippen LogP contribution in [0, 0.1) is 0 Å². The number of hydrogen-bond acceptors (Lipinski definition) is 5. The highest BCUT2D eigenvalue weighted by atomic mass is 32.2. The lowest BCUT2D eigenvalue weighted by Gasteiger charge is -2.36. The van der Waals surface area contributed by atoms with E-state index in [9.17, 15) is 13.2 Å². The van der Waals surface area contributed by atoms with Gasteiger partial charge in [-0.25, -0.2) is 8.42 Å². The Bertz CT molecular complexity index is 838. The van der Waals surface area contributed by atoms with Crippen LogP contribution in [0.25, 0.3) is 0 Å². The molecule has 148 valence electrons. The quantitative estimate of drug-likeness (QED) is 0.783. The molecule has 7 nitrogen and oxygen atoms in total. The lowest BCUT2D eigenvalue weighted by atomic mass is 10.1. The van der Waals surface area contributed by atoms with Crippen LogP contribution in [0.5, 0.6) is 0 Å². The van der Waals surface area contributed by atoms with Crippen molar-refractivity contribution >= 4 is 21.6 Å². The summed E-state index contributed by atoms with van der Waals surface area (Å²) in [6.07, 6.45) is 2.21. The van der Waals surface area contributed by atoms with Gasteiger partial charge in [0.25, 0.3) is 0 Å². The molecule has 0 unspecified atom stereocenters. The highest BCUT2D eigenvalue weighted by Crippen LogP contribution is 2.37. The number of piperidine rings is 1. The number of carbonyl (C=O) groups excluding carboxylic acids is 1. The molecule has 1 amide bonds. The van der Waals surface area contributed by atoms with Crippen LogP contribution in [0.15, 0.2) is 23.1 Å². The zero-order valence-electron chi connectivity index (χ0n) is 15.8. The van der Waals surface area contributed by atoms with Gasteiger partial charge >= 0.3 is 0 Å². The molecular formula is C19H26N2O5S. The Morgan fingerprint density at radius 1 is 1.22 bits per heavy atom. The molecular weight excluding hydrogens is 368 g/mol. The third-order valence-electron chi connectivity index (χ3n) is 5.77. The van der Waals surface area contributed by atoms with E-state index in [1.165, 1.54) is 4.31 Å². The van der Waals surface area contributed by atoms with Crippen molar-refractivity contribution in [3.05, 3.63) is 23.8 Å². The van der Waals surface area contributed by atoms with Crippen molar-refractivity contribution in [1.29, 1.82) is 0 Å². The molecule has 8 heteroatoms. The molecule has 3 aliphatic rings. The van der Waals surface area contributed by atoms with Crippen molar-refractivity contribution in [3.63, 3.8) is 0 Å². The van der Waals surface area contributed by atoms with E-state index in [0.717, 1.165) is 11.3 Å². The molecule has 2 fully saturated rings. The summed E-state index contributed by atoms with van der Waals surface area (Å²) in [6.45, 7) is 5.75. The summed E-state index contributed by atoms with van der Waals surface area (Å²) in [5.41, 5.74) is 1.75. The van der Waals surface area contributed by atoms with Gasteiger partial charge in [0.2, 0.25) is 15.9 Å². The summed E-state index contributed by atoms with van der Waals surface area (Å²) in [7, 11) is -3.57. The van der Waals surface area contributed by atoms with E-state index in [0.29, 0.717) is 56.9 Å². The highest BCUT2D eigenvalue weighted by Gasteiger charge is 2.43. The van der Waals surface area contributed by atoms with Crippen molar-refractivity contribution in [2.75, 3.05) is 31.2 Å². The van der Waals surface area contributed by atoms with Crippen LogP contribution in [-0.2, 0) is 30.7 Å². The Labute approximate surface area is 160 Å². The average molecular weight is 394 g/mol. The molecule has 4 rings (SSSR count). The Hall–Kier alpha value is -1.48. The first-order valence-corrected chi connectivity index (χ1v) is 11.0. The van der Waals surface area contributed by atoms with Crippen molar-refractivity contribution in [3.8, 4) is 0 Å². The SMILES string of the molecule is CCC(=O)N1c2ccc(S(=O)(=O)N3CCC4(CC3)OCCO4)cc2C[C@H]1C. The van der Waals surface area contributed by atoms with Crippen LogP contribution in [0.4, 0.5) is 5.69 Å². The lowest BCUT2D eigenvalue weighted by Crippen LogP contribution is -2.47. The van der Waals surface area contributed by atoms with Crippen LogP contribution in [0.3, 0.4) is 0 Å². The first-order chi connectivity index (χ1) is 12.9. The minimum Gasteiger partial charge on any atom is -0.347 e. The van der Waals surface area contributed by atoms with Crippen molar-refractivity contribution in [2.45, 2.75) is 56.3 Å². The second-order valence-electron chi connectivity index (χ2n) is 7.47.